The van der Waals surface area contributed by atoms with Crippen LogP contribution < -0.4 is 10.1 Å². The van der Waals surface area contributed by atoms with Crippen molar-refractivity contribution in [3.05, 3.63) is 58.4 Å². The smallest absolute Gasteiger partial charge is 0.269 e. The number of rotatable bonds is 8. The number of hydrogen-bond donors (Lipinski definition) is 1. The molecule has 2 heterocycles. The highest BCUT2D eigenvalue weighted by Gasteiger charge is 2.19. The molecule has 4 rings (SSSR count). The predicted molar refractivity (Wildman–Crippen MR) is 130 cm³/mol. The maximum Gasteiger partial charge on any atom is 0.269 e. The molecule has 1 fully saturated rings. The maximum atomic E-state index is 12.4. The van der Waals surface area contributed by atoms with Crippen LogP contribution in [0.4, 0.5) is 11.4 Å². The van der Waals surface area contributed by atoms with Crippen molar-refractivity contribution in [1.82, 2.24) is 19.4 Å². The summed E-state index contributed by atoms with van der Waals surface area (Å²) in [6.07, 6.45) is 0. The Morgan fingerprint density at radius 3 is 2.50 bits per heavy atom. The number of nitro benzene ring substituents is 1. The number of nitrogens with one attached hydrogen (secondary N) is 1. The zero-order chi connectivity index (χ0) is 24.2. The van der Waals surface area contributed by atoms with Gasteiger partial charge in [0.25, 0.3) is 11.6 Å². The first kappa shape index (κ1) is 23.7. The van der Waals surface area contributed by atoms with Gasteiger partial charge in [0.2, 0.25) is 0 Å². The fourth-order valence-electron chi connectivity index (χ4n) is 4.13. The third-order valence-corrected chi connectivity index (χ3v) is 5.94. The van der Waals surface area contributed by atoms with Crippen molar-refractivity contribution in [3.8, 4) is 5.75 Å². The first-order valence-corrected chi connectivity index (χ1v) is 11.4. The minimum absolute atomic E-state index is 0.0297. The zero-order valence-electron chi connectivity index (χ0n) is 19.7. The molecule has 10 heteroatoms. The first-order valence-electron chi connectivity index (χ1n) is 11.4. The van der Waals surface area contributed by atoms with E-state index >= 15 is 0 Å². The molecule has 1 saturated heterocycles. The van der Waals surface area contributed by atoms with Crippen molar-refractivity contribution >= 4 is 28.3 Å². The van der Waals surface area contributed by atoms with Crippen molar-refractivity contribution in [1.29, 1.82) is 0 Å². The van der Waals surface area contributed by atoms with Gasteiger partial charge < -0.3 is 19.5 Å². The highest BCUT2D eigenvalue weighted by molar-refractivity contribution is 5.94. The molecular weight excluding hydrogens is 436 g/mol. The fourth-order valence-corrected chi connectivity index (χ4v) is 4.13. The summed E-state index contributed by atoms with van der Waals surface area (Å²) in [5, 5.41) is 13.6. The van der Waals surface area contributed by atoms with E-state index < -0.39 is 4.92 Å². The predicted octanol–water partition coefficient (Wildman–Crippen LogP) is 3.29. The maximum absolute atomic E-state index is 12.4. The van der Waals surface area contributed by atoms with Gasteiger partial charge in [0, 0.05) is 50.0 Å². The molecule has 1 amide bonds. The molecule has 1 aliphatic heterocycles. The van der Waals surface area contributed by atoms with Crippen LogP contribution in [0.1, 0.15) is 25.7 Å². The molecular formula is C24H30N6O4. The lowest BCUT2D eigenvalue weighted by molar-refractivity contribution is -0.384. The van der Waals surface area contributed by atoms with Crippen LogP contribution in [0.3, 0.4) is 0 Å². The van der Waals surface area contributed by atoms with Gasteiger partial charge >= 0.3 is 0 Å². The number of carbonyl (C=O) groups is 1. The molecule has 34 heavy (non-hydrogen) atoms. The van der Waals surface area contributed by atoms with E-state index in [0.29, 0.717) is 11.4 Å². The van der Waals surface area contributed by atoms with Gasteiger partial charge in [-0.2, -0.15) is 0 Å². The summed E-state index contributed by atoms with van der Waals surface area (Å²) < 4.78 is 7.71. The van der Waals surface area contributed by atoms with E-state index in [1.54, 1.807) is 0 Å². The number of anilines is 1. The van der Waals surface area contributed by atoms with Crippen LogP contribution in [0.2, 0.25) is 0 Å². The molecule has 0 atom stereocenters. The summed E-state index contributed by atoms with van der Waals surface area (Å²) in [4.78, 5) is 32.3. The van der Waals surface area contributed by atoms with Gasteiger partial charge in [0.1, 0.15) is 11.6 Å². The molecule has 0 saturated carbocycles. The van der Waals surface area contributed by atoms with E-state index in [1.807, 2.05) is 18.2 Å². The number of hydrogen-bond acceptors (Lipinski definition) is 7. The van der Waals surface area contributed by atoms with Crippen LogP contribution >= 0.6 is 0 Å². The van der Waals surface area contributed by atoms with Crippen molar-refractivity contribution < 1.29 is 14.5 Å². The number of non-ortho nitro benzene ring substituents is 1. The number of piperazine rings is 1. The molecule has 3 aromatic rings. The van der Waals surface area contributed by atoms with Crippen LogP contribution in [0.25, 0.3) is 11.0 Å². The number of likely N-dealkylation sites (N-methyl/N-ethyl adjacent to an activating group) is 1. The largest absolute Gasteiger partial charge is 0.484 e. The number of nitro groups is 1. The van der Waals surface area contributed by atoms with Crippen molar-refractivity contribution in [2.45, 2.75) is 26.4 Å². The van der Waals surface area contributed by atoms with Gasteiger partial charge in [0.05, 0.1) is 22.5 Å². The Morgan fingerprint density at radius 1 is 1.15 bits per heavy atom. The number of fused-ring (bicyclic) bond motifs is 1. The third kappa shape index (κ3) is 5.52. The van der Waals surface area contributed by atoms with E-state index in [0.717, 1.165) is 49.6 Å². The molecule has 0 spiro atoms. The van der Waals surface area contributed by atoms with Crippen molar-refractivity contribution in [2.24, 2.45) is 0 Å². The lowest BCUT2D eigenvalue weighted by Crippen LogP contribution is -2.44. The average Bonchev–Trinajstić information content (AvgIpc) is 3.16. The topological polar surface area (TPSA) is 106 Å². The van der Waals surface area contributed by atoms with E-state index in [-0.39, 0.29) is 24.2 Å². The van der Waals surface area contributed by atoms with Crippen LogP contribution in [0.5, 0.6) is 5.75 Å². The Labute approximate surface area is 198 Å². The van der Waals surface area contributed by atoms with Gasteiger partial charge in [-0.05, 0) is 51.2 Å². The zero-order valence-corrected chi connectivity index (χ0v) is 19.7. The molecule has 1 N–H and O–H groups in total. The standard InChI is InChI=1S/C24H30N6O4/c1-17(2)29-22-9-4-18(14-21(22)26-23(29)15-28-12-10-27(3)11-13-28)25-24(31)16-34-20-7-5-19(6-8-20)30(32)33/h4-9,14,17H,10-13,15-16H2,1-3H3,(H,25,31). The Bertz CT molecular complexity index is 1170. The number of benzene rings is 2. The Kier molecular flexibility index (Phi) is 7.09. The Balaban J connectivity index is 1.42. The van der Waals surface area contributed by atoms with E-state index in [4.69, 9.17) is 9.72 Å². The summed E-state index contributed by atoms with van der Waals surface area (Å²) in [5.74, 6) is 1.10. The molecule has 1 aliphatic rings. The lowest BCUT2D eigenvalue weighted by atomic mass is 10.2. The SMILES string of the molecule is CC(C)n1c(CN2CCN(C)CC2)nc2cc(NC(=O)COc3ccc([N+](=O)[O-])cc3)ccc21. The lowest BCUT2D eigenvalue weighted by Gasteiger charge is -2.32. The number of amides is 1. The van der Waals surface area contributed by atoms with Crippen molar-refractivity contribution in [2.75, 3.05) is 45.2 Å². The second kappa shape index (κ2) is 10.2. The molecule has 2 aromatic carbocycles. The second-order valence-electron chi connectivity index (χ2n) is 8.86. The highest BCUT2D eigenvalue weighted by Crippen LogP contribution is 2.25. The quantitative estimate of drug-likeness (QED) is 0.401. The first-order chi connectivity index (χ1) is 16.3. The van der Waals surface area contributed by atoms with Gasteiger partial charge in [-0.1, -0.05) is 0 Å². The minimum atomic E-state index is -0.482. The van der Waals surface area contributed by atoms with Crippen LogP contribution in [-0.2, 0) is 11.3 Å². The number of aromatic nitrogens is 2. The molecule has 0 radical (unpaired) electrons. The fraction of sp³-hybridized carbons (Fsp3) is 0.417. The number of nitrogens with zero attached hydrogens (tertiary/aromatic N) is 5. The molecule has 0 bridgehead atoms. The molecule has 10 nitrogen and oxygen atoms in total. The Hall–Kier alpha value is -3.50. The van der Waals surface area contributed by atoms with Crippen LogP contribution in [0, 0.1) is 10.1 Å². The third-order valence-electron chi connectivity index (χ3n) is 5.94. The number of imidazole rings is 1. The van der Waals surface area contributed by atoms with Gasteiger partial charge in [-0.3, -0.25) is 19.8 Å². The summed E-state index contributed by atoms with van der Waals surface area (Å²) in [7, 11) is 2.15. The summed E-state index contributed by atoms with van der Waals surface area (Å²) >= 11 is 0. The highest BCUT2D eigenvalue weighted by atomic mass is 16.6. The molecule has 0 aliphatic carbocycles. The van der Waals surface area contributed by atoms with Crippen molar-refractivity contribution in [3.63, 3.8) is 0 Å². The number of carbonyl (C=O) groups excluding carboxylic acids is 1. The van der Waals surface area contributed by atoms with Crippen LogP contribution in [0.15, 0.2) is 42.5 Å². The normalized spacial score (nSPS) is 15.1. The second-order valence-corrected chi connectivity index (χ2v) is 8.86. The van der Waals surface area contributed by atoms with E-state index in [2.05, 4.69) is 40.6 Å². The van der Waals surface area contributed by atoms with Crippen LogP contribution in [-0.4, -0.2) is 70.0 Å². The van der Waals surface area contributed by atoms with E-state index in [1.165, 1.54) is 24.3 Å². The molecule has 180 valence electrons. The summed E-state index contributed by atoms with van der Waals surface area (Å²) in [6, 6.07) is 11.6. The molecule has 1 aromatic heterocycles. The van der Waals surface area contributed by atoms with Gasteiger partial charge in [0.15, 0.2) is 6.61 Å². The molecule has 0 unspecified atom stereocenters. The van der Waals surface area contributed by atoms with E-state index in [9.17, 15) is 14.9 Å². The number of ether oxygens (including phenoxy) is 1. The Morgan fingerprint density at radius 2 is 1.85 bits per heavy atom. The minimum Gasteiger partial charge on any atom is -0.484 e. The summed E-state index contributed by atoms with van der Waals surface area (Å²) in [6.45, 7) is 9.05. The summed E-state index contributed by atoms with van der Waals surface area (Å²) in [5.41, 5.74) is 2.49. The average molecular weight is 467 g/mol. The van der Waals surface area contributed by atoms with Gasteiger partial charge in [-0.15, -0.1) is 0 Å². The monoisotopic (exact) mass is 466 g/mol. The van der Waals surface area contributed by atoms with Gasteiger partial charge in [-0.25, -0.2) is 4.98 Å².